The van der Waals surface area contributed by atoms with Gasteiger partial charge in [0, 0.05) is 42.9 Å². The van der Waals surface area contributed by atoms with E-state index in [0.717, 1.165) is 31.8 Å². The predicted octanol–water partition coefficient (Wildman–Crippen LogP) is 1.97. The second kappa shape index (κ2) is 6.33. The van der Waals surface area contributed by atoms with E-state index >= 15 is 0 Å². The van der Waals surface area contributed by atoms with Crippen LogP contribution in [-0.4, -0.2) is 61.8 Å². The molecule has 1 saturated carbocycles. The van der Waals surface area contributed by atoms with Crippen molar-refractivity contribution in [3.8, 4) is 0 Å². The van der Waals surface area contributed by atoms with Gasteiger partial charge in [-0.05, 0) is 44.9 Å². The summed E-state index contributed by atoms with van der Waals surface area (Å²) in [5, 5.41) is 3.75. The normalized spacial score (nSPS) is 36.0. The van der Waals surface area contributed by atoms with Crippen LogP contribution in [0.4, 0.5) is 0 Å². The van der Waals surface area contributed by atoms with E-state index in [1.807, 2.05) is 0 Å². The monoisotopic (exact) mass is 284 g/mol. The van der Waals surface area contributed by atoms with Crippen molar-refractivity contribution >= 4 is 11.8 Å². The minimum Gasteiger partial charge on any atom is -0.381 e. The molecule has 0 amide bonds. The van der Waals surface area contributed by atoms with Gasteiger partial charge in [0.1, 0.15) is 0 Å². The van der Waals surface area contributed by atoms with Crippen molar-refractivity contribution in [3.05, 3.63) is 0 Å². The Bertz CT molecular complexity index is 284. The summed E-state index contributed by atoms with van der Waals surface area (Å²) >= 11 is 2.11. The van der Waals surface area contributed by atoms with E-state index in [-0.39, 0.29) is 0 Å². The van der Waals surface area contributed by atoms with E-state index in [0.29, 0.717) is 5.41 Å². The maximum Gasteiger partial charge on any atom is 0.0546 e. The molecule has 0 spiro atoms. The van der Waals surface area contributed by atoms with Crippen LogP contribution >= 0.6 is 11.8 Å². The molecule has 1 N–H and O–H groups in total. The second-order valence-corrected chi connectivity index (χ2v) is 7.89. The first-order valence-corrected chi connectivity index (χ1v) is 9.02. The quantitative estimate of drug-likeness (QED) is 0.806. The highest BCUT2D eigenvalue weighted by Crippen LogP contribution is 2.32. The van der Waals surface area contributed by atoms with Crippen LogP contribution in [0.15, 0.2) is 0 Å². The van der Waals surface area contributed by atoms with E-state index in [2.05, 4.69) is 29.0 Å². The number of ether oxygens (including phenoxy) is 1. The Hall–Kier alpha value is 0.230. The molecule has 19 heavy (non-hydrogen) atoms. The Morgan fingerprint density at radius 3 is 2.89 bits per heavy atom. The summed E-state index contributed by atoms with van der Waals surface area (Å²) in [5.41, 5.74) is 0.364. The Morgan fingerprint density at radius 2 is 2.26 bits per heavy atom. The lowest BCUT2D eigenvalue weighted by Gasteiger charge is -2.41. The zero-order valence-electron chi connectivity index (χ0n) is 12.2. The first kappa shape index (κ1) is 14.2. The predicted molar refractivity (Wildman–Crippen MR) is 81.9 cm³/mol. The summed E-state index contributed by atoms with van der Waals surface area (Å²) in [5.74, 6) is 2.67. The second-order valence-electron chi connectivity index (χ2n) is 6.74. The molecule has 3 rings (SSSR count). The third-order valence-electron chi connectivity index (χ3n) is 4.86. The molecule has 3 aliphatic rings. The summed E-state index contributed by atoms with van der Waals surface area (Å²) in [6.45, 7) is 4.28. The Labute approximate surface area is 121 Å². The minimum absolute atomic E-state index is 0.364. The summed E-state index contributed by atoms with van der Waals surface area (Å²) in [6.07, 6.45) is 6.70. The van der Waals surface area contributed by atoms with E-state index in [4.69, 9.17) is 4.74 Å². The summed E-state index contributed by atoms with van der Waals surface area (Å²) < 4.78 is 5.83. The summed E-state index contributed by atoms with van der Waals surface area (Å²) in [7, 11) is 2.32. The van der Waals surface area contributed by atoms with Crippen molar-refractivity contribution in [2.75, 3.05) is 44.9 Å². The molecular formula is C15H28N2OS. The van der Waals surface area contributed by atoms with Crippen LogP contribution in [0.25, 0.3) is 0 Å². The lowest BCUT2D eigenvalue weighted by atomic mass is 9.81. The maximum absolute atomic E-state index is 5.83. The first-order valence-electron chi connectivity index (χ1n) is 7.87. The average Bonchev–Trinajstić information content (AvgIpc) is 3.09. The minimum atomic E-state index is 0.364. The van der Waals surface area contributed by atoms with Gasteiger partial charge in [-0.3, -0.25) is 0 Å². The van der Waals surface area contributed by atoms with Crippen LogP contribution in [0, 0.1) is 5.41 Å². The fourth-order valence-corrected chi connectivity index (χ4v) is 4.70. The zero-order chi connectivity index (χ0) is 13.1. The highest BCUT2D eigenvalue weighted by atomic mass is 32.2. The van der Waals surface area contributed by atoms with Gasteiger partial charge in [-0.2, -0.15) is 11.8 Å². The molecular weight excluding hydrogens is 256 g/mol. The highest BCUT2D eigenvalue weighted by molar-refractivity contribution is 7.99. The van der Waals surface area contributed by atoms with Crippen LogP contribution in [0.3, 0.4) is 0 Å². The largest absolute Gasteiger partial charge is 0.381 e. The van der Waals surface area contributed by atoms with Crippen molar-refractivity contribution in [2.24, 2.45) is 5.41 Å². The molecule has 1 aliphatic carbocycles. The van der Waals surface area contributed by atoms with Crippen molar-refractivity contribution in [1.29, 1.82) is 0 Å². The van der Waals surface area contributed by atoms with Crippen molar-refractivity contribution < 1.29 is 4.74 Å². The average molecular weight is 284 g/mol. The standard InChI is InChI=1S/C15H28N2OS/c1-17(14-5-8-19-9-14)11-15(6-2-7-18-12-15)10-16-13-3-4-13/h13-14,16H,2-12H2,1H3. The molecule has 2 saturated heterocycles. The Kier molecular flexibility index (Phi) is 4.73. The molecule has 2 aliphatic heterocycles. The third kappa shape index (κ3) is 3.87. The van der Waals surface area contributed by atoms with Gasteiger partial charge in [-0.15, -0.1) is 0 Å². The van der Waals surface area contributed by atoms with Crippen LogP contribution in [-0.2, 0) is 4.74 Å². The van der Waals surface area contributed by atoms with E-state index in [1.54, 1.807) is 0 Å². The topological polar surface area (TPSA) is 24.5 Å². The van der Waals surface area contributed by atoms with E-state index < -0.39 is 0 Å². The van der Waals surface area contributed by atoms with E-state index in [9.17, 15) is 0 Å². The van der Waals surface area contributed by atoms with E-state index in [1.165, 1.54) is 50.2 Å². The van der Waals surface area contributed by atoms with Crippen LogP contribution in [0.5, 0.6) is 0 Å². The Morgan fingerprint density at radius 1 is 1.37 bits per heavy atom. The van der Waals surface area contributed by atoms with Gasteiger partial charge in [-0.1, -0.05) is 0 Å². The summed E-state index contributed by atoms with van der Waals surface area (Å²) in [4.78, 5) is 2.61. The number of thioether (sulfide) groups is 1. The molecule has 2 atom stereocenters. The van der Waals surface area contributed by atoms with Crippen LogP contribution in [0.1, 0.15) is 32.1 Å². The SMILES string of the molecule is CN(CC1(CNC2CC2)CCCOC1)C1CCSC1. The van der Waals surface area contributed by atoms with Gasteiger partial charge in [-0.25, -0.2) is 0 Å². The third-order valence-corrected chi connectivity index (χ3v) is 6.01. The van der Waals surface area contributed by atoms with Gasteiger partial charge in [0.2, 0.25) is 0 Å². The number of hydrogen-bond donors (Lipinski definition) is 1. The zero-order valence-corrected chi connectivity index (χ0v) is 13.0. The smallest absolute Gasteiger partial charge is 0.0546 e. The maximum atomic E-state index is 5.83. The molecule has 2 heterocycles. The molecule has 0 aromatic rings. The lowest BCUT2D eigenvalue weighted by molar-refractivity contribution is -0.0271. The van der Waals surface area contributed by atoms with Crippen molar-refractivity contribution in [3.63, 3.8) is 0 Å². The van der Waals surface area contributed by atoms with Crippen LogP contribution in [0.2, 0.25) is 0 Å². The van der Waals surface area contributed by atoms with Gasteiger partial charge < -0.3 is 15.0 Å². The molecule has 2 unspecified atom stereocenters. The number of nitrogens with zero attached hydrogens (tertiary/aromatic N) is 1. The number of nitrogens with one attached hydrogen (secondary N) is 1. The molecule has 0 bridgehead atoms. The molecule has 110 valence electrons. The van der Waals surface area contributed by atoms with Crippen LogP contribution < -0.4 is 5.32 Å². The van der Waals surface area contributed by atoms with Gasteiger partial charge in [0.05, 0.1) is 6.61 Å². The van der Waals surface area contributed by atoms with Crippen molar-refractivity contribution in [1.82, 2.24) is 10.2 Å². The molecule has 4 heteroatoms. The van der Waals surface area contributed by atoms with Gasteiger partial charge in [0.25, 0.3) is 0 Å². The number of rotatable bonds is 6. The molecule has 3 nitrogen and oxygen atoms in total. The molecule has 0 aromatic heterocycles. The van der Waals surface area contributed by atoms with Gasteiger partial charge in [0.15, 0.2) is 0 Å². The molecule has 0 radical (unpaired) electrons. The summed E-state index contributed by atoms with van der Waals surface area (Å²) in [6, 6.07) is 1.61. The van der Waals surface area contributed by atoms with Gasteiger partial charge >= 0.3 is 0 Å². The number of hydrogen-bond acceptors (Lipinski definition) is 4. The molecule has 0 aromatic carbocycles. The fraction of sp³-hybridized carbons (Fsp3) is 1.00. The fourth-order valence-electron chi connectivity index (χ4n) is 3.41. The lowest BCUT2D eigenvalue weighted by Crippen LogP contribution is -2.50. The molecule has 3 fully saturated rings. The highest BCUT2D eigenvalue weighted by Gasteiger charge is 2.37. The first-order chi connectivity index (χ1) is 9.27. The Balaban J connectivity index is 1.56. The van der Waals surface area contributed by atoms with Crippen molar-refractivity contribution in [2.45, 2.75) is 44.2 Å².